The van der Waals surface area contributed by atoms with Crippen molar-refractivity contribution < 1.29 is 9.90 Å². The molecule has 1 aromatic carbocycles. The lowest BCUT2D eigenvalue weighted by molar-refractivity contribution is -0.119. The van der Waals surface area contributed by atoms with E-state index in [9.17, 15) is 4.79 Å². The lowest BCUT2D eigenvalue weighted by Gasteiger charge is -2.25. The number of nitrogens with zero attached hydrogens (tertiary/aromatic N) is 2. The molecule has 0 aliphatic carbocycles. The van der Waals surface area contributed by atoms with Crippen LogP contribution in [-0.2, 0) is 4.79 Å². The van der Waals surface area contributed by atoms with Gasteiger partial charge in [0.05, 0.1) is 13.2 Å². The molecule has 0 heterocycles. The van der Waals surface area contributed by atoms with Gasteiger partial charge in [0.25, 0.3) is 0 Å². The number of rotatable bonds is 7. The highest BCUT2D eigenvalue weighted by Crippen LogP contribution is 2.13. The molecule has 0 saturated heterocycles. The number of aliphatic hydroxyl groups excluding tert-OH is 1. The van der Waals surface area contributed by atoms with E-state index in [1.165, 1.54) is 0 Å². The molecule has 1 aromatic rings. The van der Waals surface area contributed by atoms with E-state index in [1.54, 1.807) is 4.90 Å². The number of aliphatic hydroxyl groups is 1. The summed E-state index contributed by atoms with van der Waals surface area (Å²) in [6, 6.07) is 9.66. The van der Waals surface area contributed by atoms with Crippen LogP contribution in [0.3, 0.4) is 0 Å². The number of carbonyl (C=O) groups excluding carboxylic acids is 1. The van der Waals surface area contributed by atoms with Crippen molar-refractivity contribution in [1.29, 1.82) is 0 Å². The first-order valence-electron chi connectivity index (χ1n) is 6.41. The average molecular weight is 250 g/mol. The number of anilines is 1. The molecular weight excluding hydrogens is 228 g/mol. The molecule has 0 aliphatic rings. The Morgan fingerprint density at radius 2 is 1.83 bits per heavy atom. The van der Waals surface area contributed by atoms with Crippen LogP contribution in [0.15, 0.2) is 30.3 Å². The van der Waals surface area contributed by atoms with Crippen LogP contribution >= 0.6 is 0 Å². The van der Waals surface area contributed by atoms with Crippen LogP contribution in [0.25, 0.3) is 0 Å². The van der Waals surface area contributed by atoms with Gasteiger partial charge in [-0.05, 0) is 25.6 Å². The second-order valence-corrected chi connectivity index (χ2v) is 4.07. The molecule has 0 radical (unpaired) electrons. The molecule has 0 spiro atoms. The quantitative estimate of drug-likeness (QED) is 0.794. The highest BCUT2D eigenvalue weighted by molar-refractivity contribution is 5.94. The van der Waals surface area contributed by atoms with Crippen molar-refractivity contribution in [3.8, 4) is 0 Å². The fraction of sp³-hybridized carbons (Fsp3) is 0.500. The molecule has 0 unspecified atom stereocenters. The summed E-state index contributed by atoms with van der Waals surface area (Å²) in [7, 11) is 0. The van der Waals surface area contributed by atoms with Gasteiger partial charge < -0.3 is 10.0 Å². The summed E-state index contributed by atoms with van der Waals surface area (Å²) in [5.74, 6) is 0.0685. The molecule has 0 fully saturated rings. The van der Waals surface area contributed by atoms with E-state index < -0.39 is 0 Å². The number of likely N-dealkylation sites (N-methyl/N-ethyl adjacent to an activating group) is 2. The van der Waals surface area contributed by atoms with Crippen molar-refractivity contribution in [1.82, 2.24) is 4.90 Å². The van der Waals surface area contributed by atoms with Crippen LogP contribution < -0.4 is 4.90 Å². The fourth-order valence-electron chi connectivity index (χ4n) is 1.88. The van der Waals surface area contributed by atoms with Gasteiger partial charge in [0, 0.05) is 18.8 Å². The minimum Gasteiger partial charge on any atom is -0.395 e. The number of benzene rings is 1. The van der Waals surface area contributed by atoms with Gasteiger partial charge in [0.2, 0.25) is 5.91 Å². The van der Waals surface area contributed by atoms with Crippen molar-refractivity contribution in [3.05, 3.63) is 30.3 Å². The van der Waals surface area contributed by atoms with E-state index in [4.69, 9.17) is 5.11 Å². The van der Waals surface area contributed by atoms with Gasteiger partial charge in [0.1, 0.15) is 0 Å². The third-order valence-electron chi connectivity index (χ3n) is 2.91. The van der Waals surface area contributed by atoms with Crippen LogP contribution in [0, 0.1) is 0 Å². The van der Waals surface area contributed by atoms with Crippen molar-refractivity contribution >= 4 is 11.6 Å². The zero-order valence-corrected chi connectivity index (χ0v) is 11.2. The molecular formula is C14H22N2O2. The topological polar surface area (TPSA) is 43.8 Å². The van der Waals surface area contributed by atoms with Crippen LogP contribution in [-0.4, -0.2) is 48.7 Å². The third kappa shape index (κ3) is 4.13. The van der Waals surface area contributed by atoms with Crippen molar-refractivity contribution in [3.63, 3.8) is 0 Å². The Morgan fingerprint density at radius 1 is 1.17 bits per heavy atom. The molecule has 1 N–H and O–H groups in total. The van der Waals surface area contributed by atoms with Crippen LogP contribution in [0.2, 0.25) is 0 Å². The summed E-state index contributed by atoms with van der Waals surface area (Å²) >= 11 is 0. The van der Waals surface area contributed by atoms with Crippen LogP contribution in [0.1, 0.15) is 13.8 Å². The van der Waals surface area contributed by atoms with Gasteiger partial charge in [-0.15, -0.1) is 0 Å². The predicted octanol–water partition coefficient (Wildman–Crippen LogP) is 1.35. The van der Waals surface area contributed by atoms with E-state index in [2.05, 4.69) is 0 Å². The first-order chi connectivity index (χ1) is 8.72. The normalized spacial score (nSPS) is 10.7. The minimum absolute atomic E-state index is 0.0685. The number of hydrogen-bond donors (Lipinski definition) is 1. The molecule has 4 nitrogen and oxygen atoms in total. The standard InChI is InChI=1S/C14H22N2O2/c1-3-15(10-11-17)12-14(18)16(4-2)13-8-6-5-7-9-13/h5-9,17H,3-4,10-12H2,1-2H3. The second-order valence-electron chi connectivity index (χ2n) is 4.07. The van der Waals surface area contributed by atoms with Crippen molar-refractivity contribution in [2.45, 2.75) is 13.8 Å². The number of carbonyl (C=O) groups is 1. The van der Waals surface area contributed by atoms with Crippen molar-refractivity contribution in [2.24, 2.45) is 0 Å². The molecule has 0 saturated carbocycles. The SMILES string of the molecule is CCN(CCO)CC(=O)N(CC)c1ccccc1. The van der Waals surface area contributed by atoms with Gasteiger partial charge in [-0.3, -0.25) is 9.69 Å². The monoisotopic (exact) mass is 250 g/mol. The molecule has 1 amide bonds. The second kappa shape index (κ2) is 7.84. The Balaban J connectivity index is 2.68. The summed E-state index contributed by atoms with van der Waals surface area (Å²) in [5.41, 5.74) is 0.921. The lowest BCUT2D eigenvalue weighted by atomic mass is 10.2. The van der Waals surface area contributed by atoms with E-state index in [1.807, 2.05) is 49.1 Å². The Morgan fingerprint density at radius 3 is 2.33 bits per heavy atom. The molecule has 0 aliphatic heterocycles. The van der Waals surface area contributed by atoms with Crippen LogP contribution in [0.4, 0.5) is 5.69 Å². The first-order valence-corrected chi connectivity index (χ1v) is 6.41. The Kier molecular flexibility index (Phi) is 6.39. The number of amides is 1. The number of para-hydroxylation sites is 1. The summed E-state index contributed by atoms with van der Waals surface area (Å²) in [5, 5.41) is 8.93. The molecule has 18 heavy (non-hydrogen) atoms. The largest absolute Gasteiger partial charge is 0.395 e. The third-order valence-corrected chi connectivity index (χ3v) is 2.91. The smallest absolute Gasteiger partial charge is 0.241 e. The zero-order chi connectivity index (χ0) is 13.4. The van der Waals surface area contributed by atoms with E-state index in [0.29, 0.717) is 19.6 Å². The molecule has 4 heteroatoms. The van der Waals surface area contributed by atoms with E-state index in [0.717, 1.165) is 12.2 Å². The summed E-state index contributed by atoms with van der Waals surface area (Å²) in [4.78, 5) is 15.9. The molecule has 0 aromatic heterocycles. The maximum atomic E-state index is 12.2. The first kappa shape index (κ1) is 14.7. The maximum Gasteiger partial charge on any atom is 0.241 e. The van der Waals surface area contributed by atoms with Crippen molar-refractivity contribution in [2.75, 3.05) is 37.7 Å². The van der Waals surface area contributed by atoms with Gasteiger partial charge in [0.15, 0.2) is 0 Å². The summed E-state index contributed by atoms with van der Waals surface area (Å²) in [6.07, 6.45) is 0. The summed E-state index contributed by atoms with van der Waals surface area (Å²) in [6.45, 7) is 6.33. The zero-order valence-electron chi connectivity index (χ0n) is 11.2. The summed E-state index contributed by atoms with van der Waals surface area (Å²) < 4.78 is 0. The molecule has 0 atom stereocenters. The Bertz CT molecular complexity index is 354. The number of hydrogen-bond acceptors (Lipinski definition) is 3. The minimum atomic E-state index is 0.0685. The average Bonchev–Trinajstić information content (AvgIpc) is 2.40. The Labute approximate surface area is 109 Å². The fourth-order valence-corrected chi connectivity index (χ4v) is 1.88. The van der Waals surface area contributed by atoms with E-state index >= 15 is 0 Å². The maximum absolute atomic E-state index is 12.2. The van der Waals surface area contributed by atoms with Gasteiger partial charge in [-0.2, -0.15) is 0 Å². The van der Waals surface area contributed by atoms with Gasteiger partial charge in [-0.1, -0.05) is 25.1 Å². The van der Waals surface area contributed by atoms with Crippen LogP contribution in [0.5, 0.6) is 0 Å². The molecule has 100 valence electrons. The van der Waals surface area contributed by atoms with E-state index in [-0.39, 0.29) is 12.5 Å². The Hall–Kier alpha value is -1.39. The molecule has 0 bridgehead atoms. The van der Waals surface area contributed by atoms with Gasteiger partial charge >= 0.3 is 0 Å². The lowest BCUT2D eigenvalue weighted by Crippen LogP contribution is -2.41. The highest BCUT2D eigenvalue weighted by atomic mass is 16.3. The highest BCUT2D eigenvalue weighted by Gasteiger charge is 2.16. The predicted molar refractivity (Wildman–Crippen MR) is 73.7 cm³/mol. The molecule has 1 rings (SSSR count). The van der Waals surface area contributed by atoms with Gasteiger partial charge in [-0.25, -0.2) is 0 Å².